The van der Waals surface area contributed by atoms with Gasteiger partial charge < -0.3 is 14.6 Å². The van der Waals surface area contributed by atoms with Gasteiger partial charge in [-0.1, -0.05) is 17.7 Å². The van der Waals surface area contributed by atoms with Gasteiger partial charge in [0.15, 0.2) is 0 Å². The second kappa shape index (κ2) is 7.15. The second-order valence-corrected chi connectivity index (χ2v) is 6.54. The molecule has 2 aromatic carbocycles. The van der Waals surface area contributed by atoms with E-state index in [1.165, 1.54) is 18.5 Å². The summed E-state index contributed by atoms with van der Waals surface area (Å²) in [6, 6.07) is 15.9. The average molecular weight is 355 g/mol. The van der Waals surface area contributed by atoms with Crippen LogP contribution in [0.4, 0.5) is 11.4 Å². The van der Waals surface area contributed by atoms with Crippen LogP contribution in [0, 0.1) is 0 Å². The SMILES string of the molecule is Clc1cccc(-c2nnc(CNc3ccc(N4CCCC4)cc3)o2)c1. The number of halogens is 1. The molecule has 0 saturated carbocycles. The zero-order valence-electron chi connectivity index (χ0n) is 13.8. The number of aromatic nitrogens is 2. The monoisotopic (exact) mass is 354 g/mol. The second-order valence-electron chi connectivity index (χ2n) is 6.11. The lowest BCUT2D eigenvalue weighted by Gasteiger charge is -2.17. The number of anilines is 2. The fraction of sp³-hybridized carbons (Fsp3) is 0.263. The smallest absolute Gasteiger partial charge is 0.247 e. The third-order valence-corrected chi connectivity index (χ3v) is 4.56. The van der Waals surface area contributed by atoms with Crippen molar-refractivity contribution in [3.63, 3.8) is 0 Å². The molecular weight excluding hydrogens is 336 g/mol. The molecule has 0 atom stereocenters. The molecule has 1 aliphatic rings. The Morgan fingerprint density at radius 3 is 2.60 bits per heavy atom. The Morgan fingerprint density at radius 2 is 1.84 bits per heavy atom. The van der Waals surface area contributed by atoms with Crippen molar-refractivity contribution in [2.24, 2.45) is 0 Å². The molecule has 0 bridgehead atoms. The van der Waals surface area contributed by atoms with Crippen molar-refractivity contribution in [2.75, 3.05) is 23.3 Å². The molecule has 0 amide bonds. The summed E-state index contributed by atoms with van der Waals surface area (Å²) in [5.74, 6) is 1.02. The predicted molar refractivity (Wildman–Crippen MR) is 100.0 cm³/mol. The van der Waals surface area contributed by atoms with E-state index < -0.39 is 0 Å². The summed E-state index contributed by atoms with van der Waals surface area (Å²) in [7, 11) is 0. The number of nitrogens with one attached hydrogen (secondary N) is 1. The molecule has 6 heteroatoms. The van der Waals surface area contributed by atoms with Crippen molar-refractivity contribution in [1.82, 2.24) is 10.2 Å². The number of hydrogen-bond donors (Lipinski definition) is 1. The van der Waals surface area contributed by atoms with Gasteiger partial charge in [-0.2, -0.15) is 0 Å². The Hall–Kier alpha value is -2.53. The van der Waals surface area contributed by atoms with E-state index in [4.69, 9.17) is 16.0 Å². The van der Waals surface area contributed by atoms with Crippen molar-refractivity contribution >= 4 is 23.0 Å². The largest absolute Gasteiger partial charge is 0.419 e. The number of rotatable bonds is 5. The van der Waals surface area contributed by atoms with Crippen molar-refractivity contribution < 1.29 is 4.42 Å². The Morgan fingerprint density at radius 1 is 1.04 bits per heavy atom. The Kier molecular flexibility index (Phi) is 4.57. The zero-order valence-corrected chi connectivity index (χ0v) is 14.5. The van der Waals surface area contributed by atoms with Crippen LogP contribution >= 0.6 is 11.6 Å². The molecule has 128 valence electrons. The van der Waals surface area contributed by atoms with Crippen LogP contribution in [0.1, 0.15) is 18.7 Å². The summed E-state index contributed by atoms with van der Waals surface area (Å²) < 4.78 is 5.70. The summed E-state index contributed by atoms with van der Waals surface area (Å²) in [5.41, 5.74) is 3.13. The van der Waals surface area contributed by atoms with Crippen LogP contribution < -0.4 is 10.2 Å². The first kappa shape index (κ1) is 16.0. The summed E-state index contributed by atoms with van der Waals surface area (Å²) in [6.45, 7) is 2.79. The molecule has 0 radical (unpaired) electrons. The first-order valence-electron chi connectivity index (χ1n) is 8.45. The highest BCUT2D eigenvalue weighted by Gasteiger charge is 2.12. The summed E-state index contributed by atoms with van der Waals surface area (Å²) in [6.07, 6.45) is 2.57. The summed E-state index contributed by atoms with van der Waals surface area (Å²) >= 11 is 6.00. The van der Waals surface area contributed by atoms with Crippen molar-refractivity contribution in [1.29, 1.82) is 0 Å². The number of hydrogen-bond acceptors (Lipinski definition) is 5. The van der Waals surface area contributed by atoms with Crippen molar-refractivity contribution in [3.05, 3.63) is 59.4 Å². The molecule has 0 aliphatic carbocycles. The molecule has 3 aromatic rings. The van der Waals surface area contributed by atoms with Gasteiger partial charge in [-0.25, -0.2) is 0 Å². The molecule has 1 N–H and O–H groups in total. The van der Waals surface area contributed by atoms with Gasteiger partial charge in [0.05, 0.1) is 6.54 Å². The van der Waals surface area contributed by atoms with Crippen molar-refractivity contribution in [2.45, 2.75) is 19.4 Å². The van der Waals surface area contributed by atoms with Gasteiger partial charge in [0.2, 0.25) is 11.8 Å². The van der Waals surface area contributed by atoms with Gasteiger partial charge in [-0.3, -0.25) is 0 Å². The maximum Gasteiger partial charge on any atom is 0.247 e. The van der Waals surface area contributed by atoms with E-state index in [0.29, 0.717) is 23.3 Å². The van der Waals surface area contributed by atoms with Crippen LogP contribution in [0.2, 0.25) is 5.02 Å². The highest BCUT2D eigenvalue weighted by Crippen LogP contribution is 2.23. The molecule has 1 aliphatic heterocycles. The molecule has 1 fully saturated rings. The lowest BCUT2D eigenvalue weighted by atomic mass is 10.2. The van der Waals surface area contributed by atoms with Gasteiger partial charge >= 0.3 is 0 Å². The first-order valence-corrected chi connectivity index (χ1v) is 8.83. The van der Waals surface area contributed by atoms with Gasteiger partial charge in [-0.15, -0.1) is 10.2 Å². The van der Waals surface area contributed by atoms with Gasteiger partial charge in [0.25, 0.3) is 0 Å². The highest BCUT2D eigenvalue weighted by atomic mass is 35.5. The van der Waals surface area contributed by atoms with Crippen LogP contribution in [0.3, 0.4) is 0 Å². The molecule has 2 heterocycles. The van der Waals surface area contributed by atoms with E-state index in [1.54, 1.807) is 0 Å². The van der Waals surface area contributed by atoms with Gasteiger partial charge in [0, 0.05) is 35.1 Å². The Bertz CT molecular complexity index is 841. The van der Waals surface area contributed by atoms with Crippen LogP contribution in [0.15, 0.2) is 52.9 Å². The van der Waals surface area contributed by atoms with Gasteiger partial charge in [-0.05, 0) is 55.3 Å². The van der Waals surface area contributed by atoms with E-state index in [9.17, 15) is 0 Å². The fourth-order valence-electron chi connectivity index (χ4n) is 3.01. The lowest BCUT2D eigenvalue weighted by molar-refractivity contribution is 0.515. The van der Waals surface area contributed by atoms with Crippen LogP contribution in [0.5, 0.6) is 0 Å². The van der Waals surface area contributed by atoms with E-state index in [-0.39, 0.29) is 0 Å². The zero-order chi connectivity index (χ0) is 17.1. The van der Waals surface area contributed by atoms with Crippen LogP contribution in [-0.4, -0.2) is 23.3 Å². The quantitative estimate of drug-likeness (QED) is 0.725. The molecule has 4 rings (SSSR count). The number of benzene rings is 2. The molecule has 1 aromatic heterocycles. The normalized spacial score (nSPS) is 14.0. The maximum absolute atomic E-state index is 6.00. The van der Waals surface area contributed by atoms with E-state index in [2.05, 4.69) is 44.7 Å². The lowest BCUT2D eigenvalue weighted by Crippen LogP contribution is -2.17. The Balaban J connectivity index is 1.38. The minimum atomic E-state index is 0.476. The molecule has 5 nitrogen and oxygen atoms in total. The van der Waals surface area contributed by atoms with E-state index in [1.807, 2.05) is 24.3 Å². The minimum absolute atomic E-state index is 0.476. The Labute approximate surface area is 151 Å². The molecule has 0 spiro atoms. The minimum Gasteiger partial charge on any atom is -0.419 e. The third kappa shape index (κ3) is 3.77. The average Bonchev–Trinajstić information content (AvgIpc) is 3.32. The summed E-state index contributed by atoms with van der Waals surface area (Å²) in [5, 5.41) is 12.1. The standard InChI is InChI=1S/C19H19ClN4O/c20-15-5-3-4-14(12-15)19-23-22-18(25-19)13-21-16-6-8-17(9-7-16)24-10-1-2-11-24/h3-9,12,21H,1-2,10-11,13H2. The fourth-order valence-corrected chi connectivity index (χ4v) is 3.20. The number of nitrogens with zero attached hydrogens (tertiary/aromatic N) is 3. The third-order valence-electron chi connectivity index (χ3n) is 4.32. The highest BCUT2D eigenvalue weighted by molar-refractivity contribution is 6.30. The topological polar surface area (TPSA) is 54.2 Å². The van der Waals surface area contributed by atoms with Crippen molar-refractivity contribution in [3.8, 4) is 11.5 Å². The van der Waals surface area contributed by atoms with Crippen LogP contribution in [-0.2, 0) is 6.54 Å². The van der Waals surface area contributed by atoms with Gasteiger partial charge in [0.1, 0.15) is 0 Å². The molecular formula is C19H19ClN4O. The van der Waals surface area contributed by atoms with E-state index in [0.717, 1.165) is 24.3 Å². The molecule has 1 saturated heterocycles. The maximum atomic E-state index is 6.00. The van der Waals surface area contributed by atoms with E-state index >= 15 is 0 Å². The molecule has 0 unspecified atom stereocenters. The first-order chi connectivity index (χ1) is 12.3. The summed E-state index contributed by atoms with van der Waals surface area (Å²) in [4.78, 5) is 2.42. The van der Waals surface area contributed by atoms with Crippen LogP contribution in [0.25, 0.3) is 11.5 Å². The molecule has 25 heavy (non-hydrogen) atoms. The predicted octanol–water partition coefficient (Wildman–Crippen LogP) is 4.60.